The van der Waals surface area contributed by atoms with E-state index in [4.69, 9.17) is 9.47 Å². The average Bonchev–Trinajstić information content (AvgIpc) is 3.01. The minimum Gasteiger partial charge on any atom is -0.497 e. The fraction of sp³-hybridized carbons (Fsp3) is 0.556. The van der Waals surface area contributed by atoms with Crippen LogP contribution in [0.1, 0.15) is 24.9 Å². The molecule has 1 aliphatic rings. The van der Waals surface area contributed by atoms with Crippen LogP contribution in [0.15, 0.2) is 24.3 Å². The van der Waals surface area contributed by atoms with Crippen molar-refractivity contribution in [2.75, 3.05) is 38.9 Å². The van der Waals surface area contributed by atoms with Crippen molar-refractivity contribution in [2.45, 2.75) is 25.4 Å². The number of benzene rings is 1. The highest BCUT2D eigenvalue weighted by Gasteiger charge is 2.36. The zero-order valence-electron chi connectivity index (χ0n) is 15.8. The SMILES string of the molecule is COCCN(C(=O)C(=O)NC(C)c1ccc(OC)cc1)C1CCS(=O)(=O)C1. The molecule has 1 aromatic carbocycles. The molecule has 0 bridgehead atoms. The van der Waals surface area contributed by atoms with Gasteiger partial charge in [0.05, 0.1) is 31.3 Å². The first-order valence-corrected chi connectivity index (χ1v) is 10.5. The maximum atomic E-state index is 12.7. The topological polar surface area (TPSA) is 102 Å². The normalized spacial score (nSPS) is 19.3. The Labute approximate surface area is 159 Å². The number of nitrogens with one attached hydrogen (secondary N) is 1. The molecule has 1 aliphatic heterocycles. The maximum Gasteiger partial charge on any atom is 0.312 e. The first kappa shape index (κ1) is 21.2. The van der Waals surface area contributed by atoms with Crippen LogP contribution in [0.4, 0.5) is 0 Å². The van der Waals surface area contributed by atoms with Gasteiger partial charge in [-0.1, -0.05) is 12.1 Å². The summed E-state index contributed by atoms with van der Waals surface area (Å²) >= 11 is 0. The van der Waals surface area contributed by atoms with E-state index >= 15 is 0 Å². The summed E-state index contributed by atoms with van der Waals surface area (Å²) in [5.74, 6) is -0.906. The third-order valence-electron chi connectivity index (χ3n) is 4.60. The lowest BCUT2D eigenvalue weighted by atomic mass is 10.1. The molecule has 27 heavy (non-hydrogen) atoms. The lowest BCUT2D eigenvalue weighted by molar-refractivity contribution is -0.147. The minimum absolute atomic E-state index is 0.0261. The molecule has 2 unspecified atom stereocenters. The van der Waals surface area contributed by atoms with Crippen molar-refractivity contribution in [3.05, 3.63) is 29.8 Å². The van der Waals surface area contributed by atoms with Gasteiger partial charge in [0.15, 0.2) is 9.84 Å². The number of hydrogen-bond acceptors (Lipinski definition) is 6. The summed E-state index contributed by atoms with van der Waals surface area (Å²) in [6, 6.07) is 6.27. The molecule has 1 heterocycles. The number of carbonyl (C=O) groups excluding carboxylic acids is 2. The molecule has 2 rings (SSSR count). The maximum absolute atomic E-state index is 12.7. The highest BCUT2D eigenvalue weighted by atomic mass is 32.2. The van der Waals surface area contributed by atoms with Crippen LogP contribution in [0.3, 0.4) is 0 Å². The van der Waals surface area contributed by atoms with Crippen LogP contribution < -0.4 is 10.1 Å². The largest absolute Gasteiger partial charge is 0.497 e. The minimum atomic E-state index is -3.18. The van der Waals surface area contributed by atoms with E-state index in [1.165, 1.54) is 12.0 Å². The fourth-order valence-corrected chi connectivity index (χ4v) is 4.76. The standard InChI is InChI=1S/C18H26N2O6S/c1-13(14-4-6-16(26-3)7-5-14)19-17(21)18(22)20(9-10-25-2)15-8-11-27(23,24)12-15/h4-7,13,15H,8-12H2,1-3H3,(H,19,21). The van der Waals surface area contributed by atoms with Crippen LogP contribution in [-0.4, -0.2) is 70.1 Å². The number of sulfone groups is 1. The number of amides is 2. The predicted molar refractivity (Wildman–Crippen MR) is 100 cm³/mol. The van der Waals surface area contributed by atoms with E-state index in [0.717, 1.165) is 5.56 Å². The molecule has 1 aromatic rings. The van der Waals surface area contributed by atoms with Crippen LogP contribution in [0.5, 0.6) is 5.75 Å². The molecule has 2 amide bonds. The van der Waals surface area contributed by atoms with Crippen LogP contribution >= 0.6 is 0 Å². The van der Waals surface area contributed by atoms with Gasteiger partial charge in [-0.2, -0.15) is 0 Å². The molecule has 150 valence electrons. The lowest BCUT2D eigenvalue weighted by Gasteiger charge is -2.28. The number of methoxy groups -OCH3 is 2. The summed E-state index contributed by atoms with van der Waals surface area (Å²) in [6.45, 7) is 2.16. The van der Waals surface area contributed by atoms with Crippen molar-refractivity contribution in [3.63, 3.8) is 0 Å². The molecule has 0 aliphatic carbocycles. The first-order chi connectivity index (χ1) is 12.8. The summed E-state index contributed by atoms with van der Waals surface area (Å²) in [4.78, 5) is 26.4. The van der Waals surface area contributed by atoms with Gasteiger partial charge in [0.1, 0.15) is 5.75 Å². The Morgan fingerprint density at radius 3 is 2.44 bits per heavy atom. The van der Waals surface area contributed by atoms with E-state index in [0.29, 0.717) is 12.2 Å². The van der Waals surface area contributed by atoms with Gasteiger partial charge in [0.2, 0.25) is 0 Å². The molecule has 0 radical (unpaired) electrons. The second kappa shape index (κ2) is 9.18. The number of nitrogens with zero attached hydrogens (tertiary/aromatic N) is 1. The van der Waals surface area contributed by atoms with Gasteiger partial charge in [-0.25, -0.2) is 8.42 Å². The second-order valence-electron chi connectivity index (χ2n) is 6.52. The van der Waals surface area contributed by atoms with Gasteiger partial charge in [-0.15, -0.1) is 0 Å². The fourth-order valence-electron chi connectivity index (χ4n) is 3.03. The molecule has 8 nitrogen and oxygen atoms in total. The molecule has 9 heteroatoms. The second-order valence-corrected chi connectivity index (χ2v) is 8.75. The van der Waals surface area contributed by atoms with Crippen LogP contribution in [0.25, 0.3) is 0 Å². The number of carbonyl (C=O) groups is 2. The van der Waals surface area contributed by atoms with Crippen LogP contribution in [0.2, 0.25) is 0 Å². The smallest absolute Gasteiger partial charge is 0.312 e. The Balaban J connectivity index is 2.05. The quantitative estimate of drug-likeness (QED) is 0.673. The van der Waals surface area contributed by atoms with Crippen molar-refractivity contribution in [2.24, 2.45) is 0 Å². The van der Waals surface area contributed by atoms with Gasteiger partial charge >= 0.3 is 11.8 Å². The van der Waals surface area contributed by atoms with E-state index in [1.807, 2.05) is 0 Å². The lowest BCUT2D eigenvalue weighted by Crippen LogP contribution is -2.50. The van der Waals surface area contributed by atoms with E-state index in [1.54, 1.807) is 38.3 Å². The number of rotatable bonds is 7. The van der Waals surface area contributed by atoms with Gasteiger partial charge < -0.3 is 19.7 Å². The summed E-state index contributed by atoms with van der Waals surface area (Å²) in [6.07, 6.45) is 0.332. The first-order valence-electron chi connectivity index (χ1n) is 8.72. The monoisotopic (exact) mass is 398 g/mol. The zero-order valence-corrected chi connectivity index (χ0v) is 16.6. The molecular weight excluding hydrogens is 372 g/mol. The van der Waals surface area contributed by atoms with Crippen molar-refractivity contribution in [1.29, 1.82) is 0 Å². The highest BCUT2D eigenvalue weighted by molar-refractivity contribution is 7.91. The third-order valence-corrected chi connectivity index (χ3v) is 6.35. The highest BCUT2D eigenvalue weighted by Crippen LogP contribution is 2.19. The molecule has 0 aromatic heterocycles. The van der Waals surface area contributed by atoms with Crippen molar-refractivity contribution < 1.29 is 27.5 Å². The predicted octanol–water partition coefficient (Wildman–Crippen LogP) is 0.535. The van der Waals surface area contributed by atoms with Crippen LogP contribution in [0, 0.1) is 0 Å². The van der Waals surface area contributed by atoms with E-state index < -0.39 is 27.7 Å². The molecule has 1 saturated heterocycles. The zero-order chi connectivity index (χ0) is 20.0. The number of ether oxygens (including phenoxy) is 2. The Morgan fingerprint density at radius 1 is 1.26 bits per heavy atom. The summed E-state index contributed by atoms with van der Waals surface area (Å²) in [5.41, 5.74) is 0.823. The van der Waals surface area contributed by atoms with E-state index in [-0.39, 0.29) is 30.7 Å². The van der Waals surface area contributed by atoms with Gasteiger partial charge in [-0.3, -0.25) is 9.59 Å². The van der Waals surface area contributed by atoms with Crippen molar-refractivity contribution in [3.8, 4) is 5.75 Å². The molecule has 1 N–H and O–H groups in total. The van der Waals surface area contributed by atoms with Gasteiger partial charge in [0, 0.05) is 19.7 Å². The van der Waals surface area contributed by atoms with Gasteiger partial charge in [-0.05, 0) is 31.0 Å². The molecular formula is C18H26N2O6S. The summed E-state index contributed by atoms with van der Waals surface area (Å²) in [7, 11) is -0.124. The van der Waals surface area contributed by atoms with E-state index in [9.17, 15) is 18.0 Å². The van der Waals surface area contributed by atoms with E-state index in [2.05, 4.69) is 5.32 Å². The Bertz CT molecular complexity index is 763. The Morgan fingerprint density at radius 2 is 1.93 bits per heavy atom. The Kier molecular flexibility index (Phi) is 7.20. The van der Waals surface area contributed by atoms with Crippen molar-refractivity contribution in [1.82, 2.24) is 10.2 Å². The third kappa shape index (κ3) is 5.67. The summed E-state index contributed by atoms with van der Waals surface area (Å²) < 4.78 is 33.6. The van der Waals surface area contributed by atoms with Crippen molar-refractivity contribution >= 4 is 21.7 Å². The van der Waals surface area contributed by atoms with Crippen LogP contribution in [-0.2, 0) is 24.2 Å². The molecule has 0 saturated carbocycles. The molecule has 2 atom stereocenters. The molecule has 1 fully saturated rings. The number of hydrogen-bond donors (Lipinski definition) is 1. The van der Waals surface area contributed by atoms with Gasteiger partial charge in [0.25, 0.3) is 0 Å². The summed E-state index contributed by atoms with van der Waals surface area (Å²) in [5, 5.41) is 2.67. The molecule has 0 spiro atoms. The average molecular weight is 398 g/mol. The Hall–Kier alpha value is -2.13.